The Hall–Kier alpha value is -0.800. The Balaban J connectivity index is 2.20. The number of carbonyl (C=O) groups excluding carboxylic acids is 1. The lowest BCUT2D eigenvalue weighted by Gasteiger charge is -2.28. The lowest BCUT2D eigenvalue weighted by atomic mass is 10.1. The number of pyridine rings is 1. The average Bonchev–Trinajstić information content (AvgIpc) is 2.89. The summed E-state index contributed by atoms with van der Waals surface area (Å²) in [6.45, 7) is 0.573. The fourth-order valence-electron chi connectivity index (χ4n) is 2.46. The number of hydrogen-bond acceptors (Lipinski definition) is 2. The van der Waals surface area contributed by atoms with Crippen molar-refractivity contribution in [2.75, 3.05) is 12.4 Å². The van der Waals surface area contributed by atoms with Gasteiger partial charge in [-0.3, -0.25) is 9.78 Å². The molecule has 1 aromatic rings. The van der Waals surface area contributed by atoms with Crippen molar-refractivity contribution >= 4 is 29.1 Å². The van der Waals surface area contributed by atoms with E-state index in [4.69, 9.17) is 23.2 Å². The lowest BCUT2D eigenvalue weighted by Crippen LogP contribution is -2.40. The molecule has 1 aliphatic rings. The Bertz CT molecular complexity index is 419. The van der Waals surface area contributed by atoms with E-state index in [1.54, 1.807) is 12.3 Å². The van der Waals surface area contributed by atoms with Crippen LogP contribution in [0.4, 0.5) is 0 Å². The van der Waals surface area contributed by atoms with Gasteiger partial charge in [0.2, 0.25) is 0 Å². The van der Waals surface area contributed by atoms with Crippen LogP contribution in [0.1, 0.15) is 36.0 Å². The number of hydrogen-bond donors (Lipinski definition) is 0. The smallest absolute Gasteiger partial charge is 0.255 e. The monoisotopic (exact) mass is 286 g/mol. The molecule has 5 heteroatoms. The number of alkyl halides is 1. The van der Waals surface area contributed by atoms with Gasteiger partial charge in [-0.2, -0.15) is 0 Å². The molecule has 0 unspecified atom stereocenters. The Morgan fingerprint density at radius 1 is 1.44 bits per heavy atom. The standard InChI is InChI=1S/C13H16Cl2N2O/c14-6-8-17(10-3-1-2-4-10)13(18)11-5-7-16-9-12(11)15/h5,7,9-10H,1-4,6,8H2. The van der Waals surface area contributed by atoms with Crippen molar-refractivity contribution in [1.82, 2.24) is 9.88 Å². The first-order valence-electron chi connectivity index (χ1n) is 6.20. The van der Waals surface area contributed by atoms with Gasteiger partial charge in [-0.1, -0.05) is 24.4 Å². The highest BCUT2D eigenvalue weighted by Gasteiger charge is 2.27. The van der Waals surface area contributed by atoms with Crippen LogP contribution in [0.3, 0.4) is 0 Å². The molecule has 1 saturated carbocycles. The summed E-state index contributed by atoms with van der Waals surface area (Å²) in [7, 11) is 0. The second kappa shape index (κ2) is 6.39. The van der Waals surface area contributed by atoms with E-state index in [1.165, 1.54) is 19.0 Å². The lowest BCUT2D eigenvalue weighted by molar-refractivity contribution is 0.0695. The largest absolute Gasteiger partial charge is 0.334 e. The van der Waals surface area contributed by atoms with Crippen LogP contribution < -0.4 is 0 Å². The molecule has 1 heterocycles. The molecule has 0 bridgehead atoms. The van der Waals surface area contributed by atoms with Crippen LogP contribution in [0, 0.1) is 0 Å². The Morgan fingerprint density at radius 3 is 2.78 bits per heavy atom. The van der Waals surface area contributed by atoms with Crippen LogP contribution >= 0.6 is 23.2 Å². The van der Waals surface area contributed by atoms with Gasteiger partial charge in [-0.15, -0.1) is 11.6 Å². The molecule has 1 amide bonds. The van der Waals surface area contributed by atoms with Crippen LogP contribution in [0.2, 0.25) is 5.02 Å². The SMILES string of the molecule is O=C(c1ccncc1Cl)N(CCCl)C1CCCC1. The second-order valence-corrected chi connectivity index (χ2v) is 5.27. The molecule has 2 rings (SSSR count). The number of rotatable bonds is 4. The topological polar surface area (TPSA) is 33.2 Å². The minimum absolute atomic E-state index is 0.0325. The van der Waals surface area contributed by atoms with Crippen molar-refractivity contribution in [1.29, 1.82) is 0 Å². The highest BCUT2D eigenvalue weighted by molar-refractivity contribution is 6.33. The highest BCUT2D eigenvalue weighted by Crippen LogP contribution is 2.26. The van der Waals surface area contributed by atoms with Gasteiger partial charge in [0, 0.05) is 30.9 Å². The maximum atomic E-state index is 12.5. The van der Waals surface area contributed by atoms with E-state index >= 15 is 0 Å². The van der Waals surface area contributed by atoms with Gasteiger partial charge in [0.05, 0.1) is 10.6 Å². The van der Waals surface area contributed by atoms with Crippen molar-refractivity contribution < 1.29 is 4.79 Å². The minimum atomic E-state index is -0.0325. The van der Waals surface area contributed by atoms with E-state index in [2.05, 4.69) is 4.98 Å². The normalized spacial score (nSPS) is 15.9. The summed E-state index contributed by atoms with van der Waals surface area (Å²) >= 11 is 11.8. The van der Waals surface area contributed by atoms with E-state index in [0.717, 1.165) is 12.8 Å². The van der Waals surface area contributed by atoms with Gasteiger partial charge < -0.3 is 4.90 Å². The van der Waals surface area contributed by atoms with Gasteiger partial charge in [-0.25, -0.2) is 0 Å². The van der Waals surface area contributed by atoms with E-state index in [0.29, 0.717) is 29.1 Å². The second-order valence-electron chi connectivity index (χ2n) is 4.48. The number of halogens is 2. The molecule has 0 radical (unpaired) electrons. The Kier molecular flexibility index (Phi) is 4.84. The minimum Gasteiger partial charge on any atom is -0.334 e. The Morgan fingerprint density at radius 2 is 2.17 bits per heavy atom. The molecule has 1 aliphatic carbocycles. The van der Waals surface area contributed by atoms with Gasteiger partial charge in [0.25, 0.3) is 5.91 Å². The molecule has 0 aliphatic heterocycles. The maximum Gasteiger partial charge on any atom is 0.255 e. The number of aromatic nitrogens is 1. The molecule has 0 saturated heterocycles. The molecular formula is C13H16Cl2N2O. The number of nitrogens with zero attached hydrogens (tertiary/aromatic N) is 2. The zero-order valence-electron chi connectivity index (χ0n) is 10.1. The maximum absolute atomic E-state index is 12.5. The molecule has 18 heavy (non-hydrogen) atoms. The summed E-state index contributed by atoms with van der Waals surface area (Å²) in [5, 5.41) is 0.403. The number of amides is 1. The van der Waals surface area contributed by atoms with Crippen molar-refractivity contribution in [2.45, 2.75) is 31.7 Å². The molecular weight excluding hydrogens is 271 g/mol. The average molecular weight is 287 g/mol. The molecule has 1 aromatic heterocycles. The highest BCUT2D eigenvalue weighted by atomic mass is 35.5. The van der Waals surface area contributed by atoms with Crippen molar-refractivity contribution in [3.8, 4) is 0 Å². The van der Waals surface area contributed by atoms with Crippen molar-refractivity contribution in [3.05, 3.63) is 29.0 Å². The number of carbonyl (C=O) groups is 1. The van der Waals surface area contributed by atoms with E-state index in [9.17, 15) is 4.79 Å². The summed E-state index contributed by atoms with van der Waals surface area (Å²) in [5.74, 6) is 0.417. The van der Waals surface area contributed by atoms with Gasteiger partial charge in [0.15, 0.2) is 0 Å². The molecule has 3 nitrogen and oxygen atoms in total. The predicted octanol–water partition coefficient (Wildman–Crippen LogP) is 3.36. The summed E-state index contributed by atoms with van der Waals surface area (Å²) < 4.78 is 0. The third kappa shape index (κ3) is 2.96. The molecule has 0 aromatic carbocycles. The first-order chi connectivity index (χ1) is 8.74. The first-order valence-corrected chi connectivity index (χ1v) is 7.11. The quantitative estimate of drug-likeness (QED) is 0.796. The van der Waals surface area contributed by atoms with Crippen LogP contribution in [-0.4, -0.2) is 34.3 Å². The predicted molar refractivity (Wildman–Crippen MR) is 73.3 cm³/mol. The summed E-state index contributed by atoms with van der Waals surface area (Å²) in [6, 6.07) is 1.97. The van der Waals surface area contributed by atoms with E-state index in [-0.39, 0.29) is 5.91 Å². The van der Waals surface area contributed by atoms with E-state index in [1.807, 2.05) is 4.90 Å². The van der Waals surface area contributed by atoms with E-state index < -0.39 is 0 Å². The van der Waals surface area contributed by atoms with Gasteiger partial charge in [0.1, 0.15) is 0 Å². The molecule has 98 valence electrons. The van der Waals surface area contributed by atoms with Gasteiger partial charge >= 0.3 is 0 Å². The summed E-state index contributed by atoms with van der Waals surface area (Å²) in [5.41, 5.74) is 0.517. The van der Waals surface area contributed by atoms with Crippen LogP contribution in [0.25, 0.3) is 0 Å². The Labute approximate surface area is 117 Å². The third-order valence-corrected chi connectivity index (χ3v) is 3.82. The van der Waals surface area contributed by atoms with Crippen LogP contribution in [0.5, 0.6) is 0 Å². The van der Waals surface area contributed by atoms with Crippen molar-refractivity contribution in [2.24, 2.45) is 0 Å². The molecule has 1 fully saturated rings. The zero-order chi connectivity index (χ0) is 13.0. The summed E-state index contributed by atoms with van der Waals surface area (Å²) in [6.07, 6.45) is 7.58. The van der Waals surface area contributed by atoms with Crippen LogP contribution in [-0.2, 0) is 0 Å². The van der Waals surface area contributed by atoms with Crippen LogP contribution in [0.15, 0.2) is 18.5 Å². The third-order valence-electron chi connectivity index (χ3n) is 3.35. The van der Waals surface area contributed by atoms with Crippen molar-refractivity contribution in [3.63, 3.8) is 0 Å². The molecule has 0 N–H and O–H groups in total. The molecule has 0 spiro atoms. The fraction of sp³-hybridized carbons (Fsp3) is 0.538. The zero-order valence-corrected chi connectivity index (χ0v) is 11.6. The van der Waals surface area contributed by atoms with Gasteiger partial charge in [-0.05, 0) is 18.9 Å². The first kappa shape index (κ1) is 13.6. The summed E-state index contributed by atoms with van der Waals surface area (Å²) in [4.78, 5) is 18.3. The molecule has 0 atom stereocenters. The fourth-order valence-corrected chi connectivity index (χ4v) is 2.84.